The normalized spacial score (nSPS) is 10.7. The van der Waals surface area contributed by atoms with Gasteiger partial charge in [0.15, 0.2) is 0 Å². The zero-order chi connectivity index (χ0) is 24.6. The molecule has 0 saturated carbocycles. The molecule has 12 heteroatoms. The van der Waals surface area contributed by atoms with Crippen molar-refractivity contribution in [2.24, 2.45) is 5.10 Å². The number of nitrogens with one attached hydrogen (secondary N) is 3. The Hall–Kier alpha value is -5.26. The predicted octanol–water partition coefficient (Wildman–Crippen LogP) is 4.43. The van der Waals surface area contributed by atoms with E-state index in [0.717, 1.165) is 11.4 Å². The van der Waals surface area contributed by atoms with E-state index in [2.05, 4.69) is 36.1 Å². The number of ether oxygens (including phenoxy) is 1. The second-order valence-corrected chi connectivity index (χ2v) is 7.02. The largest absolute Gasteiger partial charge is 0.507 e. The SMILES string of the molecule is COc1ccc(Nc2nc(NN=Cc3cc([N+](=O)[O-])ccc3O)nc(Nc3ccccc3)n2)cc1. The first-order valence-corrected chi connectivity index (χ1v) is 10.3. The number of benzene rings is 3. The number of non-ortho nitro benzene ring substituents is 1. The number of nitrogens with zero attached hydrogens (tertiary/aromatic N) is 5. The first kappa shape index (κ1) is 22.9. The van der Waals surface area contributed by atoms with Gasteiger partial charge in [-0.05, 0) is 42.5 Å². The predicted molar refractivity (Wildman–Crippen MR) is 132 cm³/mol. The molecule has 0 amide bonds. The van der Waals surface area contributed by atoms with Crippen molar-refractivity contribution in [1.82, 2.24) is 15.0 Å². The van der Waals surface area contributed by atoms with Gasteiger partial charge in [-0.1, -0.05) is 18.2 Å². The van der Waals surface area contributed by atoms with Crippen molar-refractivity contribution in [3.63, 3.8) is 0 Å². The van der Waals surface area contributed by atoms with E-state index in [4.69, 9.17) is 4.74 Å². The molecule has 0 aliphatic carbocycles. The number of hydrogen-bond donors (Lipinski definition) is 4. The van der Waals surface area contributed by atoms with Crippen molar-refractivity contribution in [2.75, 3.05) is 23.2 Å². The molecule has 0 aliphatic heterocycles. The summed E-state index contributed by atoms with van der Waals surface area (Å²) in [4.78, 5) is 23.4. The Kier molecular flexibility index (Phi) is 6.92. The molecule has 0 fully saturated rings. The Morgan fingerprint density at radius 2 is 1.54 bits per heavy atom. The third kappa shape index (κ3) is 6.16. The number of aromatic hydroxyl groups is 1. The summed E-state index contributed by atoms with van der Waals surface area (Å²) in [6.07, 6.45) is 1.23. The summed E-state index contributed by atoms with van der Waals surface area (Å²) in [6.45, 7) is 0. The lowest BCUT2D eigenvalue weighted by Crippen LogP contribution is -2.07. The highest BCUT2D eigenvalue weighted by atomic mass is 16.6. The number of methoxy groups -OCH3 is 1. The summed E-state index contributed by atoms with van der Waals surface area (Å²) < 4.78 is 5.17. The van der Waals surface area contributed by atoms with Crippen LogP contribution >= 0.6 is 0 Å². The van der Waals surface area contributed by atoms with E-state index < -0.39 is 4.92 Å². The number of hydrogen-bond acceptors (Lipinski definition) is 11. The van der Waals surface area contributed by atoms with Crippen molar-refractivity contribution < 1.29 is 14.8 Å². The van der Waals surface area contributed by atoms with E-state index in [0.29, 0.717) is 5.75 Å². The summed E-state index contributed by atoms with van der Waals surface area (Å²) in [5.41, 5.74) is 4.13. The molecule has 35 heavy (non-hydrogen) atoms. The number of hydrazone groups is 1. The maximum absolute atomic E-state index is 11.0. The number of aromatic nitrogens is 3. The van der Waals surface area contributed by atoms with Gasteiger partial charge in [-0.3, -0.25) is 10.1 Å². The van der Waals surface area contributed by atoms with Crippen LogP contribution in [0.15, 0.2) is 77.9 Å². The topological polar surface area (TPSA) is 160 Å². The molecule has 0 unspecified atom stereocenters. The number of para-hydroxylation sites is 1. The fourth-order valence-electron chi connectivity index (χ4n) is 2.91. The summed E-state index contributed by atoms with van der Waals surface area (Å²) in [6, 6.07) is 20.2. The lowest BCUT2D eigenvalue weighted by Gasteiger charge is -2.10. The molecule has 0 bridgehead atoms. The van der Waals surface area contributed by atoms with Gasteiger partial charge in [0.25, 0.3) is 5.69 Å². The van der Waals surface area contributed by atoms with Crippen molar-refractivity contribution in [3.05, 3.63) is 88.5 Å². The summed E-state index contributed by atoms with van der Waals surface area (Å²) in [7, 11) is 1.59. The van der Waals surface area contributed by atoms with E-state index >= 15 is 0 Å². The Balaban J connectivity index is 1.59. The zero-order valence-corrected chi connectivity index (χ0v) is 18.4. The highest BCUT2D eigenvalue weighted by molar-refractivity contribution is 5.84. The second-order valence-electron chi connectivity index (χ2n) is 7.02. The number of nitro groups is 1. The average molecular weight is 472 g/mol. The van der Waals surface area contributed by atoms with Gasteiger partial charge in [0, 0.05) is 29.1 Å². The number of phenolic OH excluding ortho intramolecular Hbond substituents is 1. The standard InChI is InChI=1S/C23H20N8O4/c1-35-19-10-7-17(8-11-19)26-22-27-21(25-16-5-3-2-4-6-16)28-23(29-22)30-24-14-15-13-18(31(33)34)9-12-20(15)32/h2-14,32H,1H3,(H3,25,26,27,28,29,30). The summed E-state index contributed by atoms with van der Waals surface area (Å²) >= 11 is 0. The third-order valence-electron chi connectivity index (χ3n) is 4.60. The van der Waals surface area contributed by atoms with Gasteiger partial charge in [-0.25, -0.2) is 5.43 Å². The van der Waals surface area contributed by atoms with Crippen molar-refractivity contribution in [1.29, 1.82) is 0 Å². The van der Waals surface area contributed by atoms with Crippen molar-refractivity contribution >= 4 is 41.1 Å². The first-order chi connectivity index (χ1) is 17.0. The average Bonchev–Trinajstić information content (AvgIpc) is 2.86. The van der Waals surface area contributed by atoms with Crippen LogP contribution in [0.3, 0.4) is 0 Å². The maximum Gasteiger partial charge on any atom is 0.270 e. The lowest BCUT2D eigenvalue weighted by molar-refractivity contribution is -0.384. The Morgan fingerprint density at radius 3 is 2.17 bits per heavy atom. The van der Waals surface area contributed by atoms with E-state index in [9.17, 15) is 15.2 Å². The maximum atomic E-state index is 11.0. The van der Waals surface area contributed by atoms with Crippen LogP contribution in [0, 0.1) is 10.1 Å². The molecule has 1 aromatic heterocycles. The van der Waals surface area contributed by atoms with E-state index in [1.807, 2.05) is 42.5 Å². The van der Waals surface area contributed by atoms with Crippen LogP contribution in [0.2, 0.25) is 0 Å². The van der Waals surface area contributed by atoms with E-state index in [1.165, 1.54) is 24.4 Å². The first-order valence-electron chi connectivity index (χ1n) is 10.3. The van der Waals surface area contributed by atoms with Gasteiger partial charge in [-0.2, -0.15) is 20.1 Å². The minimum atomic E-state index is -0.561. The molecule has 3 aromatic carbocycles. The molecule has 176 valence electrons. The zero-order valence-electron chi connectivity index (χ0n) is 18.4. The van der Waals surface area contributed by atoms with E-state index in [-0.39, 0.29) is 34.8 Å². The van der Waals surface area contributed by atoms with Crippen molar-refractivity contribution in [2.45, 2.75) is 0 Å². The van der Waals surface area contributed by atoms with Crippen LogP contribution in [0.4, 0.5) is 34.9 Å². The van der Waals surface area contributed by atoms with Gasteiger partial charge < -0.3 is 20.5 Å². The van der Waals surface area contributed by atoms with Gasteiger partial charge in [-0.15, -0.1) is 0 Å². The number of rotatable bonds is 9. The molecular formula is C23H20N8O4. The molecule has 4 rings (SSSR count). The molecule has 1 heterocycles. The third-order valence-corrected chi connectivity index (χ3v) is 4.60. The van der Waals surface area contributed by atoms with Crippen LogP contribution in [0.5, 0.6) is 11.5 Å². The number of nitro benzene ring substituents is 1. The lowest BCUT2D eigenvalue weighted by atomic mass is 10.2. The van der Waals surface area contributed by atoms with Crippen LogP contribution < -0.4 is 20.8 Å². The molecular weight excluding hydrogens is 452 g/mol. The van der Waals surface area contributed by atoms with Crippen molar-refractivity contribution in [3.8, 4) is 11.5 Å². The number of anilines is 5. The minimum Gasteiger partial charge on any atom is -0.507 e. The van der Waals surface area contributed by atoms with E-state index in [1.54, 1.807) is 19.2 Å². The second kappa shape index (κ2) is 10.6. The molecule has 4 N–H and O–H groups in total. The molecule has 12 nitrogen and oxygen atoms in total. The fourth-order valence-corrected chi connectivity index (χ4v) is 2.91. The van der Waals surface area contributed by atoms with Crippen LogP contribution in [0.25, 0.3) is 0 Å². The molecule has 4 aromatic rings. The van der Waals surface area contributed by atoms with Gasteiger partial charge in [0.2, 0.25) is 17.8 Å². The monoisotopic (exact) mass is 472 g/mol. The smallest absolute Gasteiger partial charge is 0.270 e. The van der Waals surface area contributed by atoms with Crippen LogP contribution in [-0.4, -0.2) is 38.3 Å². The highest BCUT2D eigenvalue weighted by Gasteiger charge is 2.10. The Bertz CT molecular complexity index is 1350. The van der Waals surface area contributed by atoms with Gasteiger partial charge >= 0.3 is 0 Å². The molecule has 0 radical (unpaired) electrons. The Morgan fingerprint density at radius 1 is 0.914 bits per heavy atom. The fraction of sp³-hybridized carbons (Fsp3) is 0.0435. The Labute approximate surface area is 199 Å². The molecule has 0 aliphatic rings. The quantitative estimate of drug-likeness (QED) is 0.156. The van der Waals surface area contributed by atoms with Crippen LogP contribution in [-0.2, 0) is 0 Å². The van der Waals surface area contributed by atoms with Gasteiger partial charge in [0.05, 0.1) is 18.2 Å². The highest BCUT2D eigenvalue weighted by Crippen LogP contribution is 2.22. The molecule has 0 saturated heterocycles. The molecule has 0 spiro atoms. The number of phenols is 1. The summed E-state index contributed by atoms with van der Waals surface area (Å²) in [5, 5.41) is 31.1. The minimum absolute atomic E-state index is 0.0932. The van der Waals surface area contributed by atoms with Gasteiger partial charge in [0.1, 0.15) is 11.5 Å². The van der Waals surface area contributed by atoms with Crippen LogP contribution in [0.1, 0.15) is 5.56 Å². The molecule has 0 atom stereocenters. The summed E-state index contributed by atoms with van der Waals surface area (Å²) in [5.74, 6) is 1.12.